The van der Waals surface area contributed by atoms with Gasteiger partial charge >= 0.3 is 0 Å². The second-order valence-electron chi connectivity index (χ2n) is 6.77. The van der Waals surface area contributed by atoms with E-state index in [1.54, 1.807) is 13.0 Å². The number of rotatable bonds is 0. The van der Waals surface area contributed by atoms with E-state index in [1.807, 2.05) is 35.2 Å². The fraction of sp³-hybridized carbons (Fsp3) is 0.200. The van der Waals surface area contributed by atoms with Crippen LogP contribution in [0.3, 0.4) is 0 Å². The van der Waals surface area contributed by atoms with Crippen molar-refractivity contribution >= 4 is 40.0 Å². The first-order valence-electron chi connectivity index (χ1n) is 8.56. The van der Waals surface area contributed by atoms with E-state index >= 15 is 0 Å². The van der Waals surface area contributed by atoms with Crippen LogP contribution in [0.4, 0.5) is 5.69 Å². The Bertz CT molecular complexity index is 1120. The number of aromatic nitrogens is 1. The van der Waals surface area contributed by atoms with Crippen molar-refractivity contribution < 1.29 is 9.59 Å². The Balaban J connectivity index is 1.90. The predicted molar refractivity (Wildman–Crippen MR) is 101 cm³/mol. The van der Waals surface area contributed by atoms with Gasteiger partial charge in [0.1, 0.15) is 0 Å². The summed E-state index contributed by atoms with van der Waals surface area (Å²) >= 11 is 6.35. The van der Waals surface area contributed by atoms with E-state index in [2.05, 4.69) is 9.88 Å². The van der Waals surface area contributed by atoms with Crippen LogP contribution in [-0.4, -0.2) is 27.8 Å². The maximum atomic E-state index is 12.7. The number of fused-ring (bicyclic) bond motifs is 5. The molecular formula is C20H16ClN3O2. The Morgan fingerprint density at radius 1 is 1.23 bits per heavy atom. The van der Waals surface area contributed by atoms with Gasteiger partial charge in [0.05, 0.1) is 22.5 Å². The molecule has 26 heavy (non-hydrogen) atoms. The summed E-state index contributed by atoms with van der Waals surface area (Å²) in [5, 5.41) is 4.56. The van der Waals surface area contributed by atoms with E-state index < -0.39 is 0 Å². The molecule has 3 heterocycles. The molecule has 3 aromatic rings. The number of hydrogen-bond acceptors (Lipinski definition) is 2. The van der Waals surface area contributed by atoms with E-state index in [0.717, 1.165) is 34.3 Å². The molecule has 0 atom stereocenters. The van der Waals surface area contributed by atoms with Gasteiger partial charge in [0, 0.05) is 48.1 Å². The number of carbonyl (C=O) groups excluding carboxylic acids is 2. The van der Waals surface area contributed by atoms with Gasteiger partial charge in [0.25, 0.3) is 5.91 Å². The lowest BCUT2D eigenvalue weighted by Gasteiger charge is -2.27. The molecule has 0 unspecified atom stereocenters. The topological polar surface area (TPSA) is 54.3 Å². The molecule has 130 valence electrons. The molecule has 0 saturated heterocycles. The first-order valence-corrected chi connectivity index (χ1v) is 8.94. The predicted octanol–water partition coefficient (Wildman–Crippen LogP) is 3.75. The summed E-state index contributed by atoms with van der Waals surface area (Å²) in [6, 6.07) is 11.3. The molecule has 2 aliphatic heterocycles. The lowest BCUT2D eigenvalue weighted by molar-refractivity contribution is -0.129. The molecular weight excluding hydrogens is 350 g/mol. The van der Waals surface area contributed by atoms with Gasteiger partial charge in [0.15, 0.2) is 0 Å². The maximum Gasteiger partial charge on any atom is 0.257 e. The van der Waals surface area contributed by atoms with Crippen LogP contribution in [0.5, 0.6) is 0 Å². The van der Waals surface area contributed by atoms with E-state index in [0.29, 0.717) is 29.4 Å². The molecule has 1 aromatic heterocycles. The zero-order valence-electron chi connectivity index (χ0n) is 14.2. The van der Waals surface area contributed by atoms with Crippen molar-refractivity contribution in [3.63, 3.8) is 0 Å². The summed E-state index contributed by atoms with van der Waals surface area (Å²) in [6.07, 6.45) is 0.739. The van der Waals surface area contributed by atoms with Crippen LogP contribution < -0.4 is 5.32 Å². The summed E-state index contributed by atoms with van der Waals surface area (Å²) in [4.78, 5) is 26.5. The van der Waals surface area contributed by atoms with Crippen LogP contribution in [0.25, 0.3) is 16.6 Å². The van der Waals surface area contributed by atoms with Gasteiger partial charge in [-0.1, -0.05) is 23.7 Å². The number of hydrogen-bond donors (Lipinski definition) is 1. The monoisotopic (exact) mass is 365 g/mol. The van der Waals surface area contributed by atoms with Gasteiger partial charge in [-0.15, -0.1) is 0 Å². The van der Waals surface area contributed by atoms with Crippen LogP contribution in [-0.2, 0) is 17.8 Å². The average Bonchev–Trinajstić information content (AvgIpc) is 2.88. The van der Waals surface area contributed by atoms with Gasteiger partial charge < -0.3 is 14.8 Å². The van der Waals surface area contributed by atoms with E-state index in [9.17, 15) is 9.59 Å². The molecule has 6 heteroatoms. The number of benzene rings is 2. The largest absolute Gasteiger partial charge is 0.338 e. The third kappa shape index (κ3) is 2.04. The van der Waals surface area contributed by atoms with Crippen molar-refractivity contribution in [3.05, 3.63) is 58.2 Å². The molecule has 0 radical (unpaired) electrons. The summed E-state index contributed by atoms with van der Waals surface area (Å²) in [7, 11) is 0. The zero-order chi connectivity index (χ0) is 18.0. The Kier molecular flexibility index (Phi) is 3.18. The van der Waals surface area contributed by atoms with Crippen LogP contribution >= 0.6 is 11.6 Å². The van der Waals surface area contributed by atoms with Crippen LogP contribution in [0.2, 0.25) is 5.02 Å². The van der Waals surface area contributed by atoms with Gasteiger partial charge in [-0.3, -0.25) is 9.59 Å². The van der Waals surface area contributed by atoms with E-state index in [4.69, 9.17) is 11.6 Å². The fourth-order valence-electron chi connectivity index (χ4n) is 4.13. The van der Waals surface area contributed by atoms with Crippen molar-refractivity contribution in [2.24, 2.45) is 0 Å². The van der Waals surface area contributed by atoms with Crippen molar-refractivity contribution in [2.75, 3.05) is 11.9 Å². The number of nitrogens with one attached hydrogen (secondary N) is 1. The fourth-order valence-corrected chi connectivity index (χ4v) is 4.34. The summed E-state index contributed by atoms with van der Waals surface area (Å²) in [6.45, 7) is 2.83. The number of nitrogens with zero attached hydrogens (tertiary/aromatic N) is 2. The Hall–Kier alpha value is -2.79. The maximum absolute atomic E-state index is 12.7. The quantitative estimate of drug-likeness (QED) is 0.659. The van der Waals surface area contributed by atoms with Crippen molar-refractivity contribution in [2.45, 2.75) is 19.9 Å². The number of carbonyl (C=O) groups is 2. The third-order valence-corrected chi connectivity index (χ3v) is 5.51. The molecule has 2 amide bonds. The summed E-state index contributed by atoms with van der Waals surface area (Å²) < 4.78 is 2.17. The van der Waals surface area contributed by atoms with E-state index in [-0.39, 0.29) is 11.8 Å². The summed E-state index contributed by atoms with van der Waals surface area (Å²) in [5.74, 6) is -0.0672. The lowest BCUT2D eigenvalue weighted by atomic mass is 10.0. The van der Waals surface area contributed by atoms with Crippen molar-refractivity contribution in [3.8, 4) is 5.69 Å². The highest BCUT2D eigenvalue weighted by atomic mass is 35.5. The Morgan fingerprint density at radius 3 is 2.85 bits per heavy atom. The normalized spacial score (nSPS) is 15.3. The Morgan fingerprint density at radius 2 is 2.04 bits per heavy atom. The smallest absolute Gasteiger partial charge is 0.257 e. The number of anilines is 1. The minimum absolute atomic E-state index is 0.0691. The molecule has 5 rings (SSSR count). The number of halogens is 1. The molecule has 0 saturated carbocycles. The van der Waals surface area contributed by atoms with Crippen LogP contribution in [0.1, 0.15) is 28.5 Å². The number of amides is 2. The van der Waals surface area contributed by atoms with Gasteiger partial charge in [-0.25, -0.2) is 0 Å². The highest BCUT2D eigenvalue weighted by Gasteiger charge is 2.30. The van der Waals surface area contributed by atoms with Crippen LogP contribution in [0.15, 0.2) is 36.4 Å². The molecule has 0 aliphatic carbocycles. The minimum atomic E-state index is -0.136. The molecule has 0 fully saturated rings. The highest BCUT2D eigenvalue weighted by molar-refractivity contribution is 6.32. The summed E-state index contributed by atoms with van der Waals surface area (Å²) in [5.41, 5.74) is 5.41. The third-order valence-electron chi connectivity index (χ3n) is 5.29. The molecule has 5 nitrogen and oxygen atoms in total. The Labute approximate surface area is 155 Å². The lowest BCUT2D eigenvalue weighted by Crippen LogP contribution is -2.34. The molecule has 1 N–H and O–H groups in total. The first-order chi connectivity index (χ1) is 12.5. The van der Waals surface area contributed by atoms with E-state index in [1.165, 1.54) is 0 Å². The molecule has 0 bridgehead atoms. The minimum Gasteiger partial charge on any atom is -0.338 e. The SMILES string of the molecule is CC(=O)N1CCc2c(c3cc(Cl)cc4c3n2-c2ccccc2C(=O)N4)C1. The molecule has 2 aromatic carbocycles. The van der Waals surface area contributed by atoms with Crippen molar-refractivity contribution in [1.82, 2.24) is 9.47 Å². The second kappa shape index (κ2) is 5.35. The first kappa shape index (κ1) is 15.5. The molecule has 0 spiro atoms. The number of para-hydroxylation sites is 1. The highest BCUT2D eigenvalue weighted by Crippen LogP contribution is 2.41. The molecule has 2 aliphatic rings. The standard InChI is InChI=1S/C20H16ClN3O2/c1-11(25)23-7-6-18-15(10-23)14-8-12(21)9-16-19(14)24(18)17-5-3-2-4-13(17)20(26)22-16/h2-5,8-9H,6-7,10H2,1H3,(H,22,26). The van der Waals surface area contributed by atoms with Gasteiger partial charge in [0.2, 0.25) is 5.91 Å². The van der Waals surface area contributed by atoms with Gasteiger partial charge in [-0.2, -0.15) is 0 Å². The average molecular weight is 366 g/mol. The zero-order valence-corrected chi connectivity index (χ0v) is 14.9. The second-order valence-corrected chi connectivity index (χ2v) is 7.21. The van der Waals surface area contributed by atoms with Gasteiger partial charge in [-0.05, 0) is 24.3 Å². The van der Waals surface area contributed by atoms with Crippen LogP contribution in [0, 0.1) is 0 Å². The van der Waals surface area contributed by atoms with Crippen molar-refractivity contribution in [1.29, 1.82) is 0 Å².